The quantitative estimate of drug-likeness (QED) is 0.863. The first-order valence-corrected chi connectivity index (χ1v) is 6.23. The number of aromatic carboxylic acids is 1. The average Bonchev–Trinajstić information content (AvgIpc) is 2.76. The molecule has 1 aliphatic rings. The summed E-state index contributed by atoms with van der Waals surface area (Å²) in [4.78, 5) is 23.1. The smallest absolute Gasteiger partial charge is 0.337 e. The van der Waals surface area contributed by atoms with Gasteiger partial charge in [0, 0.05) is 5.92 Å². The van der Waals surface area contributed by atoms with E-state index >= 15 is 0 Å². The fourth-order valence-corrected chi connectivity index (χ4v) is 2.54. The van der Waals surface area contributed by atoms with Crippen molar-refractivity contribution in [3.63, 3.8) is 0 Å². The van der Waals surface area contributed by atoms with Crippen LogP contribution in [-0.2, 0) is 4.79 Å². The molecule has 2 unspecified atom stereocenters. The summed E-state index contributed by atoms with van der Waals surface area (Å²) in [6.07, 6.45) is 3.03. The van der Waals surface area contributed by atoms with Crippen molar-refractivity contribution >= 4 is 17.6 Å². The van der Waals surface area contributed by atoms with Crippen LogP contribution >= 0.6 is 0 Å². The summed E-state index contributed by atoms with van der Waals surface area (Å²) in [5.41, 5.74) is 0.519. The minimum Gasteiger partial charge on any atom is -0.478 e. The van der Waals surface area contributed by atoms with Crippen LogP contribution < -0.4 is 5.32 Å². The molecule has 1 aromatic rings. The molecule has 0 spiro atoms. The second-order valence-electron chi connectivity index (χ2n) is 4.85. The number of para-hydroxylation sites is 1. The Labute approximate surface area is 106 Å². The van der Waals surface area contributed by atoms with Gasteiger partial charge >= 0.3 is 5.97 Å². The van der Waals surface area contributed by atoms with Crippen LogP contribution in [0.25, 0.3) is 0 Å². The number of anilines is 1. The summed E-state index contributed by atoms with van der Waals surface area (Å²) in [5.74, 6) is -0.701. The minimum atomic E-state index is -1.02. The third kappa shape index (κ3) is 2.53. The van der Waals surface area contributed by atoms with Gasteiger partial charge in [-0.05, 0) is 30.9 Å². The summed E-state index contributed by atoms with van der Waals surface area (Å²) in [7, 11) is 0. The first-order chi connectivity index (χ1) is 8.59. The number of hydrogen-bond acceptors (Lipinski definition) is 2. The van der Waals surface area contributed by atoms with Gasteiger partial charge in [0.2, 0.25) is 5.91 Å². The summed E-state index contributed by atoms with van der Waals surface area (Å²) in [5, 5.41) is 11.8. The molecule has 96 valence electrons. The first-order valence-electron chi connectivity index (χ1n) is 6.23. The number of carbonyl (C=O) groups excluding carboxylic acids is 1. The molecule has 18 heavy (non-hydrogen) atoms. The molecule has 0 bridgehead atoms. The zero-order valence-electron chi connectivity index (χ0n) is 10.3. The molecule has 1 saturated carbocycles. The lowest BCUT2D eigenvalue weighted by molar-refractivity contribution is -0.120. The molecule has 1 aliphatic carbocycles. The lowest BCUT2D eigenvalue weighted by Crippen LogP contribution is -2.25. The molecule has 0 heterocycles. The Morgan fingerprint density at radius 3 is 2.61 bits per heavy atom. The lowest BCUT2D eigenvalue weighted by atomic mass is 9.97. The SMILES string of the molecule is CC1CCCC1C(=O)Nc1ccccc1C(=O)O. The van der Waals surface area contributed by atoms with E-state index in [4.69, 9.17) is 5.11 Å². The van der Waals surface area contributed by atoms with Crippen molar-refractivity contribution in [1.29, 1.82) is 0 Å². The van der Waals surface area contributed by atoms with Crippen molar-refractivity contribution in [1.82, 2.24) is 0 Å². The van der Waals surface area contributed by atoms with Crippen LogP contribution in [0.3, 0.4) is 0 Å². The number of carbonyl (C=O) groups is 2. The van der Waals surface area contributed by atoms with Crippen LogP contribution in [0.4, 0.5) is 5.69 Å². The molecule has 1 fully saturated rings. The van der Waals surface area contributed by atoms with Gasteiger partial charge < -0.3 is 10.4 Å². The van der Waals surface area contributed by atoms with E-state index in [1.165, 1.54) is 6.07 Å². The zero-order chi connectivity index (χ0) is 13.1. The summed E-state index contributed by atoms with van der Waals surface area (Å²) >= 11 is 0. The van der Waals surface area contributed by atoms with Crippen LogP contribution in [0.5, 0.6) is 0 Å². The number of nitrogens with one attached hydrogen (secondary N) is 1. The summed E-state index contributed by atoms with van der Waals surface area (Å²) < 4.78 is 0. The molecule has 0 aromatic heterocycles. The second kappa shape index (κ2) is 5.21. The molecular formula is C14H17NO3. The standard InChI is InChI=1S/C14H17NO3/c1-9-5-4-7-10(9)13(16)15-12-8-3-2-6-11(12)14(17)18/h2-3,6,8-10H,4-5,7H2,1H3,(H,15,16)(H,17,18). The Hall–Kier alpha value is -1.84. The van der Waals surface area contributed by atoms with E-state index in [1.54, 1.807) is 18.2 Å². The molecule has 4 heteroatoms. The van der Waals surface area contributed by atoms with Crippen LogP contribution in [0.1, 0.15) is 36.5 Å². The van der Waals surface area contributed by atoms with E-state index in [9.17, 15) is 9.59 Å². The van der Waals surface area contributed by atoms with E-state index in [-0.39, 0.29) is 17.4 Å². The van der Waals surface area contributed by atoms with Crippen LogP contribution in [0, 0.1) is 11.8 Å². The molecular weight excluding hydrogens is 230 g/mol. The van der Waals surface area contributed by atoms with Crippen molar-refractivity contribution in [3.05, 3.63) is 29.8 Å². The van der Waals surface area contributed by atoms with Gasteiger partial charge in [0.1, 0.15) is 0 Å². The van der Waals surface area contributed by atoms with E-state index in [2.05, 4.69) is 12.2 Å². The predicted molar refractivity (Wildman–Crippen MR) is 68.5 cm³/mol. The lowest BCUT2D eigenvalue weighted by Gasteiger charge is -2.16. The highest BCUT2D eigenvalue weighted by molar-refractivity contribution is 6.01. The number of benzene rings is 1. The highest BCUT2D eigenvalue weighted by atomic mass is 16.4. The Bertz CT molecular complexity index is 470. The highest BCUT2D eigenvalue weighted by Gasteiger charge is 2.30. The van der Waals surface area contributed by atoms with E-state index in [0.717, 1.165) is 19.3 Å². The van der Waals surface area contributed by atoms with Gasteiger partial charge in [-0.1, -0.05) is 25.5 Å². The molecule has 1 amide bonds. The third-order valence-electron chi connectivity index (χ3n) is 3.61. The second-order valence-corrected chi connectivity index (χ2v) is 4.85. The molecule has 4 nitrogen and oxygen atoms in total. The van der Waals surface area contributed by atoms with Gasteiger partial charge in [-0.15, -0.1) is 0 Å². The maximum atomic E-state index is 12.1. The number of amides is 1. The molecule has 2 rings (SSSR count). The van der Waals surface area contributed by atoms with Crippen molar-refractivity contribution in [2.24, 2.45) is 11.8 Å². The fourth-order valence-electron chi connectivity index (χ4n) is 2.54. The van der Waals surface area contributed by atoms with Gasteiger partial charge in [0.15, 0.2) is 0 Å². The largest absolute Gasteiger partial charge is 0.478 e. The van der Waals surface area contributed by atoms with Gasteiger partial charge in [-0.25, -0.2) is 4.79 Å². The first kappa shape index (κ1) is 12.6. The topological polar surface area (TPSA) is 66.4 Å². The highest BCUT2D eigenvalue weighted by Crippen LogP contribution is 2.32. The predicted octanol–water partition coefficient (Wildman–Crippen LogP) is 2.76. The van der Waals surface area contributed by atoms with Crippen molar-refractivity contribution in [3.8, 4) is 0 Å². The van der Waals surface area contributed by atoms with E-state index in [1.807, 2.05) is 0 Å². The van der Waals surface area contributed by atoms with Gasteiger partial charge in [0.25, 0.3) is 0 Å². The molecule has 2 N–H and O–H groups in total. The van der Waals surface area contributed by atoms with Gasteiger partial charge in [-0.2, -0.15) is 0 Å². The zero-order valence-corrected chi connectivity index (χ0v) is 10.3. The van der Waals surface area contributed by atoms with Crippen LogP contribution in [0.2, 0.25) is 0 Å². The Balaban J connectivity index is 2.14. The Morgan fingerprint density at radius 2 is 2.00 bits per heavy atom. The normalized spacial score (nSPS) is 22.7. The Kier molecular flexibility index (Phi) is 3.65. The molecule has 0 radical (unpaired) electrons. The third-order valence-corrected chi connectivity index (χ3v) is 3.61. The molecule has 1 aromatic carbocycles. The molecule has 0 aliphatic heterocycles. The number of carboxylic acid groups (broad SMARTS) is 1. The maximum absolute atomic E-state index is 12.1. The summed E-state index contributed by atoms with van der Waals surface area (Å²) in [6, 6.07) is 6.49. The van der Waals surface area contributed by atoms with E-state index < -0.39 is 5.97 Å². The number of rotatable bonds is 3. The molecule has 0 saturated heterocycles. The average molecular weight is 247 g/mol. The van der Waals surface area contributed by atoms with Crippen molar-refractivity contribution in [2.75, 3.05) is 5.32 Å². The summed E-state index contributed by atoms with van der Waals surface area (Å²) in [6.45, 7) is 2.07. The van der Waals surface area contributed by atoms with Crippen LogP contribution in [0.15, 0.2) is 24.3 Å². The van der Waals surface area contributed by atoms with Gasteiger partial charge in [0.05, 0.1) is 11.3 Å². The minimum absolute atomic E-state index is 0.00634. The molecule has 2 atom stereocenters. The number of hydrogen-bond donors (Lipinski definition) is 2. The van der Waals surface area contributed by atoms with Gasteiger partial charge in [-0.3, -0.25) is 4.79 Å². The fraction of sp³-hybridized carbons (Fsp3) is 0.429. The van der Waals surface area contributed by atoms with Crippen molar-refractivity contribution < 1.29 is 14.7 Å². The number of carboxylic acids is 1. The van der Waals surface area contributed by atoms with Crippen molar-refractivity contribution in [2.45, 2.75) is 26.2 Å². The maximum Gasteiger partial charge on any atom is 0.337 e. The Morgan fingerprint density at radius 1 is 1.28 bits per heavy atom. The van der Waals surface area contributed by atoms with E-state index in [0.29, 0.717) is 11.6 Å². The van der Waals surface area contributed by atoms with Crippen LogP contribution in [-0.4, -0.2) is 17.0 Å². The monoisotopic (exact) mass is 247 g/mol.